The van der Waals surface area contributed by atoms with E-state index in [-0.39, 0.29) is 27.2 Å². The molecule has 0 aliphatic carbocycles. The van der Waals surface area contributed by atoms with Crippen LogP contribution in [0, 0.1) is 0 Å². The van der Waals surface area contributed by atoms with Crippen LogP contribution in [0.25, 0.3) is 0 Å². The van der Waals surface area contributed by atoms with Crippen LogP contribution in [0.5, 0.6) is 0 Å². The van der Waals surface area contributed by atoms with Gasteiger partial charge in [-0.25, -0.2) is 0 Å². The Morgan fingerprint density at radius 1 is 1.00 bits per heavy atom. The molecule has 2 nitrogen and oxygen atoms in total. The van der Waals surface area contributed by atoms with Gasteiger partial charge in [-0.2, -0.15) is 0 Å². The Labute approximate surface area is 111 Å². The van der Waals surface area contributed by atoms with Crippen LogP contribution in [0.3, 0.4) is 0 Å². The van der Waals surface area contributed by atoms with E-state index in [2.05, 4.69) is 13.8 Å². The number of alkyl halides is 2. The molecule has 0 unspecified atom stereocenters. The van der Waals surface area contributed by atoms with Crippen LogP contribution in [-0.4, -0.2) is 21.4 Å². The third-order valence-corrected chi connectivity index (χ3v) is 4.64. The Hall–Kier alpha value is 0.200. The first-order valence-electron chi connectivity index (χ1n) is 6.50. The average molecular weight is 341 g/mol. The number of halogens is 1. The summed E-state index contributed by atoms with van der Waals surface area (Å²) in [4.78, 5) is 11.2. The number of carbonyl (C=O) groups is 1. The molecule has 0 amide bonds. The van der Waals surface area contributed by atoms with Gasteiger partial charge in [-0.15, -0.1) is 0 Å². The molecule has 0 heterocycles. The molecule has 3 heteroatoms. The zero-order valence-corrected chi connectivity index (χ0v) is 12.9. The summed E-state index contributed by atoms with van der Waals surface area (Å²) in [5.74, 6) is 0.0284. The third kappa shape index (κ3) is 12.3. The van der Waals surface area contributed by atoms with E-state index in [9.17, 15) is 4.79 Å². The number of esters is 1. The van der Waals surface area contributed by atoms with E-state index in [1.54, 1.807) is 0 Å². The molecule has 0 aromatic heterocycles. The van der Waals surface area contributed by atoms with Crippen molar-refractivity contribution in [3.63, 3.8) is 0 Å². The van der Waals surface area contributed by atoms with Gasteiger partial charge in [0.15, 0.2) is 0 Å². The normalized spacial score (nSPS) is 10.6. The van der Waals surface area contributed by atoms with Crippen LogP contribution in [-0.2, 0) is 9.53 Å². The van der Waals surface area contributed by atoms with Crippen LogP contribution in [0.4, 0.5) is 0 Å². The molecule has 16 heavy (non-hydrogen) atoms. The molecule has 0 saturated carbocycles. The molecule has 0 saturated heterocycles. The van der Waals surface area contributed by atoms with E-state index >= 15 is 0 Å². The summed E-state index contributed by atoms with van der Waals surface area (Å²) in [5.41, 5.74) is 0. The molecule has 0 aromatic carbocycles. The van der Waals surface area contributed by atoms with E-state index in [0.717, 1.165) is 6.42 Å². The number of rotatable bonds is 11. The molecular weight excluding hydrogens is 315 g/mol. The first kappa shape index (κ1) is 16.2. The van der Waals surface area contributed by atoms with Gasteiger partial charge in [0, 0.05) is 0 Å². The number of carbonyl (C=O) groups excluding carboxylic acids is 1. The molecule has 0 bridgehead atoms. The van der Waals surface area contributed by atoms with E-state index in [1.165, 1.54) is 43.0 Å². The first-order chi connectivity index (χ1) is 7.81. The fraction of sp³-hybridized carbons (Fsp3) is 0.923. The van der Waals surface area contributed by atoms with Crippen molar-refractivity contribution in [3.05, 3.63) is 0 Å². The zero-order chi connectivity index (χ0) is 12.1. The summed E-state index contributed by atoms with van der Waals surface area (Å²) in [6.07, 6.45) is 8.90. The predicted molar refractivity (Wildman–Crippen MR) is 64.4 cm³/mol. The Kier molecular flexibility index (Phi) is 13.4. The van der Waals surface area contributed by atoms with Crippen molar-refractivity contribution in [2.75, 3.05) is 15.5 Å². The van der Waals surface area contributed by atoms with E-state index in [4.69, 9.17) is 4.74 Å². The summed E-state index contributed by atoms with van der Waals surface area (Å²) in [6, 6.07) is 0. The SMILES string of the molecule is CCCCCCCCCOC(=O)C[I-]CC. The summed E-state index contributed by atoms with van der Waals surface area (Å²) < 4.78 is 7.03. The van der Waals surface area contributed by atoms with Crippen molar-refractivity contribution in [2.24, 2.45) is 0 Å². The van der Waals surface area contributed by atoms with Crippen LogP contribution in [0.15, 0.2) is 0 Å². The molecule has 0 atom stereocenters. The fourth-order valence-electron chi connectivity index (χ4n) is 1.46. The molecule has 0 fully saturated rings. The quantitative estimate of drug-likeness (QED) is 0.235. The zero-order valence-electron chi connectivity index (χ0n) is 10.8. The van der Waals surface area contributed by atoms with Crippen molar-refractivity contribution < 1.29 is 30.7 Å². The second-order valence-corrected chi connectivity index (χ2v) is 7.30. The molecular formula is C13H26IO2-. The Morgan fingerprint density at radius 3 is 2.25 bits per heavy atom. The number of hydrogen-bond donors (Lipinski definition) is 0. The van der Waals surface area contributed by atoms with Crippen molar-refractivity contribution in [1.82, 2.24) is 0 Å². The Bertz CT molecular complexity index is 160. The summed E-state index contributed by atoms with van der Waals surface area (Å²) in [6.45, 7) is 5.01. The number of hydrogen-bond acceptors (Lipinski definition) is 2. The standard InChI is InChI=1S/C13H26IO2/c1-3-5-6-7-8-9-10-11-16-13(15)12-14-4-2/h3-12H2,1-2H3/q-1. The summed E-state index contributed by atoms with van der Waals surface area (Å²) in [7, 11) is 0. The second-order valence-electron chi connectivity index (χ2n) is 3.93. The van der Waals surface area contributed by atoms with Crippen molar-refractivity contribution in [2.45, 2.75) is 58.8 Å². The second kappa shape index (κ2) is 13.3. The van der Waals surface area contributed by atoms with Gasteiger partial charge >= 0.3 is 111 Å². The van der Waals surface area contributed by atoms with Crippen molar-refractivity contribution in [3.8, 4) is 0 Å². The van der Waals surface area contributed by atoms with Gasteiger partial charge in [-0.1, -0.05) is 0 Å². The molecule has 98 valence electrons. The van der Waals surface area contributed by atoms with Crippen LogP contribution in [0.1, 0.15) is 58.8 Å². The topological polar surface area (TPSA) is 26.3 Å². The molecule has 0 aliphatic rings. The molecule has 0 spiro atoms. The third-order valence-electron chi connectivity index (χ3n) is 2.40. The minimum absolute atomic E-state index is 0.0284. The number of ether oxygens (including phenoxy) is 1. The summed E-state index contributed by atoms with van der Waals surface area (Å²) >= 11 is 0.0766. The maximum absolute atomic E-state index is 11.2. The van der Waals surface area contributed by atoms with Gasteiger partial charge in [0.2, 0.25) is 0 Å². The van der Waals surface area contributed by atoms with Crippen LogP contribution >= 0.6 is 0 Å². The predicted octanol–water partition coefficient (Wildman–Crippen LogP) is 0.389. The van der Waals surface area contributed by atoms with Gasteiger partial charge in [-0.3, -0.25) is 0 Å². The van der Waals surface area contributed by atoms with Crippen LogP contribution in [0.2, 0.25) is 0 Å². The van der Waals surface area contributed by atoms with Crippen LogP contribution < -0.4 is 21.2 Å². The van der Waals surface area contributed by atoms with E-state index in [1.807, 2.05) is 0 Å². The van der Waals surface area contributed by atoms with Gasteiger partial charge in [0.1, 0.15) is 0 Å². The Balaban J connectivity index is 3.05. The van der Waals surface area contributed by atoms with Crippen molar-refractivity contribution >= 4 is 5.97 Å². The van der Waals surface area contributed by atoms with Gasteiger partial charge < -0.3 is 0 Å². The minimum atomic E-state index is 0.0284. The van der Waals surface area contributed by atoms with E-state index < -0.39 is 0 Å². The summed E-state index contributed by atoms with van der Waals surface area (Å²) in [5, 5.41) is 0. The maximum atomic E-state index is 11.2. The van der Waals surface area contributed by atoms with Gasteiger partial charge in [-0.05, 0) is 0 Å². The molecule has 0 N–H and O–H groups in total. The molecule has 0 radical (unpaired) electrons. The van der Waals surface area contributed by atoms with Crippen molar-refractivity contribution in [1.29, 1.82) is 0 Å². The number of unbranched alkanes of at least 4 members (excludes halogenated alkanes) is 6. The monoisotopic (exact) mass is 341 g/mol. The van der Waals surface area contributed by atoms with Gasteiger partial charge in [0.25, 0.3) is 0 Å². The average Bonchev–Trinajstić information content (AvgIpc) is 2.30. The van der Waals surface area contributed by atoms with Gasteiger partial charge in [0.05, 0.1) is 0 Å². The fourth-order valence-corrected chi connectivity index (χ4v) is 2.66. The van der Waals surface area contributed by atoms with E-state index in [0.29, 0.717) is 11.0 Å². The molecule has 0 rings (SSSR count). The molecule has 0 aliphatic heterocycles. The molecule has 0 aromatic rings. The first-order valence-corrected chi connectivity index (χ1v) is 9.55. The Morgan fingerprint density at radius 2 is 1.62 bits per heavy atom.